The van der Waals surface area contributed by atoms with E-state index in [2.05, 4.69) is 10.3 Å². The first-order valence-electron chi connectivity index (χ1n) is 7.00. The minimum absolute atomic E-state index is 0.163. The molecule has 1 heterocycles. The van der Waals surface area contributed by atoms with Crippen molar-refractivity contribution in [3.8, 4) is 0 Å². The molecule has 0 unspecified atom stereocenters. The van der Waals surface area contributed by atoms with Crippen LogP contribution in [-0.4, -0.2) is 22.9 Å². The number of nitrogens with zero attached hydrogens (tertiary/aromatic N) is 1. The summed E-state index contributed by atoms with van der Waals surface area (Å²) in [7, 11) is 0. The van der Waals surface area contributed by atoms with Gasteiger partial charge in [-0.3, -0.25) is 9.78 Å². The fourth-order valence-electron chi connectivity index (χ4n) is 1.90. The van der Waals surface area contributed by atoms with Gasteiger partial charge in [0.05, 0.1) is 6.04 Å². The van der Waals surface area contributed by atoms with E-state index in [0.29, 0.717) is 5.69 Å². The van der Waals surface area contributed by atoms with Crippen LogP contribution < -0.4 is 5.32 Å². The minimum Gasteiger partial charge on any atom is -0.445 e. The van der Waals surface area contributed by atoms with Crippen molar-refractivity contribution >= 4 is 11.9 Å². The van der Waals surface area contributed by atoms with Gasteiger partial charge in [0.15, 0.2) is 0 Å². The average Bonchev–Trinajstić information content (AvgIpc) is 2.53. The molecule has 0 aliphatic carbocycles. The van der Waals surface area contributed by atoms with Gasteiger partial charge in [0.1, 0.15) is 12.3 Å². The lowest BCUT2D eigenvalue weighted by Crippen LogP contribution is -2.39. The third-order valence-corrected chi connectivity index (χ3v) is 3.11. The first-order chi connectivity index (χ1) is 10.6. The van der Waals surface area contributed by atoms with Crippen molar-refractivity contribution in [1.82, 2.24) is 10.3 Å². The van der Waals surface area contributed by atoms with Gasteiger partial charge in [-0.2, -0.15) is 0 Å². The molecule has 0 saturated carbocycles. The number of amides is 1. The van der Waals surface area contributed by atoms with Gasteiger partial charge in [0.2, 0.25) is 5.78 Å². The van der Waals surface area contributed by atoms with Gasteiger partial charge >= 0.3 is 6.09 Å². The Balaban J connectivity index is 1.87. The van der Waals surface area contributed by atoms with E-state index in [1.54, 1.807) is 19.2 Å². The molecule has 114 valence electrons. The van der Waals surface area contributed by atoms with E-state index in [1.165, 1.54) is 0 Å². The quantitative estimate of drug-likeness (QED) is 0.862. The van der Waals surface area contributed by atoms with Crippen LogP contribution in [0, 0.1) is 6.92 Å². The summed E-state index contributed by atoms with van der Waals surface area (Å²) in [5, 5.41) is 2.52. The van der Waals surface area contributed by atoms with Crippen molar-refractivity contribution in [1.29, 1.82) is 0 Å². The van der Waals surface area contributed by atoms with E-state index in [1.807, 2.05) is 43.3 Å². The van der Waals surface area contributed by atoms with Gasteiger partial charge in [0.25, 0.3) is 0 Å². The van der Waals surface area contributed by atoms with Gasteiger partial charge < -0.3 is 10.1 Å². The normalized spacial score (nSPS) is 11.5. The van der Waals surface area contributed by atoms with Gasteiger partial charge in [-0.05, 0) is 37.1 Å². The zero-order valence-electron chi connectivity index (χ0n) is 12.6. The zero-order chi connectivity index (χ0) is 15.9. The number of nitrogens with one attached hydrogen (secondary N) is 1. The maximum absolute atomic E-state index is 12.2. The Hall–Kier alpha value is -2.69. The third-order valence-electron chi connectivity index (χ3n) is 3.11. The highest BCUT2D eigenvalue weighted by atomic mass is 16.5. The fraction of sp³-hybridized carbons (Fsp3) is 0.235. The van der Waals surface area contributed by atoms with Crippen LogP contribution >= 0.6 is 0 Å². The maximum Gasteiger partial charge on any atom is 0.408 e. The molecule has 2 rings (SSSR count). The summed E-state index contributed by atoms with van der Waals surface area (Å²) >= 11 is 0. The first kappa shape index (κ1) is 15.7. The van der Waals surface area contributed by atoms with Crippen molar-refractivity contribution in [2.75, 3.05) is 0 Å². The minimum atomic E-state index is -0.697. The molecule has 1 aromatic carbocycles. The second-order valence-electron chi connectivity index (χ2n) is 5.01. The van der Waals surface area contributed by atoms with E-state index in [-0.39, 0.29) is 12.4 Å². The van der Waals surface area contributed by atoms with Crippen molar-refractivity contribution in [3.05, 3.63) is 65.5 Å². The molecule has 0 aliphatic rings. The molecule has 5 heteroatoms. The van der Waals surface area contributed by atoms with Crippen LogP contribution in [0.25, 0.3) is 0 Å². The average molecular weight is 298 g/mol. The molecule has 1 N–H and O–H groups in total. The number of hydrogen-bond acceptors (Lipinski definition) is 4. The SMILES string of the molecule is Cc1ccnc(C(=O)[C@H](C)NC(=O)OCc2ccccc2)c1. The summed E-state index contributed by atoms with van der Waals surface area (Å²) in [4.78, 5) is 27.9. The molecule has 0 fully saturated rings. The number of benzene rings is 1. The number of aryl methyl sites for hydroxylation is 1. The lowest BCUT2D eigenvalue weighted by Gasteiger charge is -2.13. The highest BCUT2D eigenvalue weighted by molar-refractivity contribution is 5.99. The molecule has 22 heavy (non-hydrogen) atoms. The van der Waals surface area contributed by atoms with E-state index in [9.17, 15) is 9.59 Å². The molecular formula is C17H18N2O3. The fourth-order valence-corrected chi connectivity index (χ4v) is 1.90. The number of aromatic nitrogens is 1. The summed E-state index contributed by atoms with van der Waals surface area (Å²) < 4.78 is 5.09. The standard InChI is InChI=1S/C17H18N2O3/c1-12-8-9-18-15(10-12)16(20)13(2)19-17(21)22-11-14-6-4-3-5-7-14/h3-10,13H,11H2,1-2H3,(H,19,21)/t13-/m0/s1. The summed E-state index contributed by atoms with van der Waals surface area (Å²) in [6, 6.07) is 12.1. The zero-order valence-corrected chi connectivity index (χ0v) is 12.6. The Bertz CT molecular complexity index is 656. The summed E-state index contributed by atoms with van der Waals surface area (Å²) in [6.07, 6.45) is 0.945. The van der Waals surface area contributed by atoms with E-state index in [0.717, 1.165) is 11.1 Å². The van der Waals surface area contributed by atoms with Crippen LogP contribution in [0.4, 0.5) is 4.79 Å². The molecule has 0 saturated heterocycles. The third kappa shape index (κ3) is 4.41. The molecule has 0 bridgehead atoms. The monoisotopic (exact) mass is 298 g/mol. The number of ether oxygens (including phenoxy) is 1. The number of carbonyl (C=O) groups is 2. The van der Waals surface area contributed by atoms with Crippen LogP contribution in [0.5, 0.6) is 0 Å². The molecule has 0 radical (unpaired) electrons. The van der Waals surface area contributed by atoms with Crippen LogP contribution in [0.2, 0.25) is 0 Å². The van der Waals surface area contributed by atoms with Crippen LogP contribution in [0.1, 0.15) is 28.5 Å². The van der Waals surface area contributed by atoms with Crippen LogP contribution in [0.15, 0.2) is 48.7 Å². The number of rotatable bonds is 5. The summed E-state index contributed by atoms with van der Waals surface area (Å²) in [5.74, 6) is -0.250. The number of carbonyl (C=O) groups excluding carboxylic acids is 2. The lowest BCUT2D eigenvalue weighted by molar-refractivity contribution is 0.0922. The first-order valence-corrected chi connectivity index (χ1v) is 7.00. The number of hydrogen-bond donors (Lipinski definition) is 1. The van der Waals surface area contributed by atoms with Crippen molar-refractivity contribution in [2.45, 2.75) is 26.5 Å². The van der Waals surface area contributed by atoms with Gasteiger partial charge in [-0.15, -0.1) is 0 Å². The van der Waals surface area contributed by atoms with Crippen molar-refractivity contribution in [3.63, 3.8) is 0 Å². The van der Waals surface area contributed by atoms with Gasteiger partial charge in [-0.1, -0.05) is 30.3 Å². The summed E-state index contributed by atoms with van der Waals surface area (Å²) in [5.41, 5.74) is 2.16. The largest absolute Gasteiger partial charge is 0.445 e. The number of Topliss-reactive ketones (excluding diaryl/α,β-unsaturated/α-hetero) is 1. The molecule has 5 nitrogen and oxygen atoms in total. The molecule has 1 atom stereocenters. The Morgan fingerprint density at radius 1 is 1.23 bits per heavy atom. The lowest BCUT2D eigenvalue weighted by atomic mass is 10.1. The highest BCUT2D eigenvalue weighted by Gasteiger charge is 2.19. The van der Waals surface area contributed by atoms with Crippen LogP contribution in [0.3, 0.4) is 0 Å². The summed E-state index contributed by atoms with van der Waals surface area (Å²) in [6.45, 7) is 3.65. The Labute approximate surface area is 129 Å². The Kier molecular flexibility index (Phi) is 5.25. The second-order valence-corrected chi connectivity index (χ2v) is 5.01. The number of pyridine rings is 1. The van der Waals surface area contributed by atoms with E-state index < -0.39 is 12.1 Å². The smallest absolute Gasteiger partial charge is 0.408 e. The number of alkyl carbamates (subject to hydrolysis) is 1. The van der Waals surface area contributed by atoms with Crippen molar-refractivity contribution < 1.29 is 14.3 Å². The second kappa shape index (κ2) is 7.36. The maximum atomic E-state index is 12.2. The predicted molar refractivity (Wildman–Crippen MR) is 82.5 cm³/mol. The molecule has 2 aromatic rings. The topological polar surface area (TPSA) is 68.3 Å². The van der Waals surface area contributed by atoms with E-state index >= 15 is 0 Å². The molecular weight excluding hydrogens is 280 g/mol. The molecule has 0 spiro atoms. The highest BCUT2D eigenvalue weighted by Crippen LogP contribution is 2.05. The Morgan fingerprint density at radius 3 is 2.64 bits per heavy atom. The molecule has 1 aromatic heterocycles. The molecule has 1 amide bonds. The van der Waals surface area contributed by atoms with Gasteiger partial charge in [-0.25, -0.2) is 4.79 Å². The number of ketones is 1. The predicted octanol–water partition coefficient (Wildman–Crippen LogP) is 2.89. The van der Waals surface area contributed by atoms with E-state index in [4.69, 9.17) is 4.74 Å². The van der Waals surface area contributed by atoms with Gasteiger partial charge in [0, 0.05) is 6.20 Å². The molecule has 0 aliphatic heterocycles. The Morgan fingerprint density at radius 2 is 1.95 bits per heavy atom. The van der Waals surface area contributed by atoms with Crippen LogP contribution in [-0.2, 0) is 11.3 Å². The van der Waals surface area contributed by atoms with Crippen molar-refractivity contribution in [2.24, 2.45) is 0 Å².